The van der Waals surface area contributed by atoms with Gasteiger partial charge < -0.3 is 15.3 Å². The summed E-state index contributed by atoms with van der Waals surface area (Å²) in [6.45, 7) is 0.448. The van der Waals surface area contributed by atoms with Gasteiger partial charge in [-0.05, 0) is 29.7 Å². The lowest BCUT2D eigenvalue weighted by Gasteiger charge is -2.09. The van der Waals surface area contributed by atoms with Crippen LogP contribution in [-0.2, 0) is 6.42 Å². The van der Waals surface area contributed by atoms with E-state index < -0.39 is 0 Å². The third kappa shape index (κ3) is 3.40. The molecule has 5 heteroatoms. The molecule has 1 amide bonds. The Morgan fingerprint density at radius 2 is 1.70 bits per heavy atom. The number of benzene rings is 2. The molecule has 0 spiro atoms. The van der Waals surface area contributed by atoms with Gasteiger partial charge in [-0.25, -0.2) is 0 Å². The Hall–Kier alpha value is -3.60. The minimum Gasteiger partial charge on any atom is -0.361 e. The molecule has 2 heterocycles. The fourth-order valence-corrected chi connectivity index (χ4v) is 3.30. The molecule has 0 saturated carbocycles. The predicted molar refractivity (Wildman–Crippen MR) is 107 cm³/mol. The van der Waals surface area contributed by atoms with E-state index in [1.807, 2.05) is 54.7 Å². The van der Waals surface area contributed by atoms with E-state index in [9.17, 15) is 9.59 Å². The lowest BCUT2D eigenvalue weighted by Crippen LogP contribution is -2.31. The number of aromatic nitrogens is 2. The van der Waals surface area contributed by atoms with Crippen molar-refractivity contribution in [3.05, 3.63) is 94.5 Å². The molecule has 0 saturated heterocycles. The highest BCUT2D eigenvalue weighted by atomic mass is 16.2. The van der Waals surface area contributed by atoms with Crippen LogP contribution in [0.4, 0.5) is 0 Å². The molecule has 0 aliphatic rings. The zero-order valence-corrected chi connectivity index (χ0v) is 14.7. The van der Waals surface area contributed by atoms with Crippen LogP contribution in [0.5, 0.6) is 0 Å². The summed E-state index contributed by atoms with van der Waals surface area (Å²) in [5.74, 6) is -0.365. The van der Waals surface area contributed by atoms with Crippen molar-refractivity contribution in [1.82, 2.24) is 15.3 Å². The van der Waals surface area contributed by atoms with Gasteiger partial charge in [0.1, 0.15) is 5.56 Å². The van der Waals surface area contributed by atoms with E-state index >= 15 is 0 Å². The van der Waals surface area contributed by atoms with E-state index in [0.29, 0.717) is 18.5 Å². The monoisotopic (exact) mass is 357 g/mol. The molecule has 2 aromatic heterocycles. The van der Waals surface area contributed by atoms with Gasteiger partial charge in [-0.15, -0.1) is 0 Å². The largest absolute Gasteiger partial charge is 0.361 e. The third-order valence-corrected chi connectivity index (χ3v) is 4.63. The van der Waals surface area contributed by atoms with Crippen LogP contribution in [0.2, 0.25) is 0 Å². The third-order valence-electron chi connectivity index (χ3n) is 4.63. The predicted octanol–water partition coefficient (Wildman–Crippen LogP) is 3.50. The Balaban J connectivity index is 1.53. The number of fused-ring (bicyclic) bond motifs is 1. The SMILES string of the molecule is O=C(NCCc1c[nH]c2ccccc12)c1c(-c2ccccc2)cc[nH]c1=O. The Labute approximate surface area is 156 Å². The summed E-state index contributed by atoms with van der Waals surface area (Å²) < 4.78 is 0. The molecule has 0 radical (unpaired) electrons. The normalized spacial score (nSPS) is 10.8. The van der Waals surface area contributed by atoms with Crippen molar-refractivity contribution in [2.24, 2.45) is 0 Å². The van der Waals surface area contributed by atoms with Gasteiger partial charge in [-0.2, -0.15) is 0 Å². The molecule has 0 unspecified atom stereocenters. The van der Waals surface area contributed by atoms with Crippen molar-refractivity contribution in [1.29, 1.82) is 0 Å². The van der Waals surface area contributed by atoms with E-state index in [2.05, 4.69) is 21.4 Å². The minimum atomic E-state index is -0.388. The zero-order valence-electron chi connectivity index (χ0n) is 14.7. The number of hydrogen-bond acceptors (Lipinski definition) is 2. The van der Waals surface area contributed by atoms with Gasteiger partial charge in [0.25, 0.3) is 11.5 Å². The molecule has 3 N–H and O–H groups in total. The van der Waals surface area contributed by atoms with Crippen LogP contribution in [0, 0.1) is 0 Å². The maximum Gasteiger partial charge on any atom is 0.261 e. The average molecular weight is 357 g/mol. The topological polar surface area (TPSA) is 77.8 Å². The number of para-hydroxylation sites is 1. The van der Waals surface area contributed by atoms with Gasteiger partial charge >= 0.3 is 0 Å². The molecule has 0 aliphatic carbocycles. The molecule has 4 aromatic rings. The summed E-state index contributed by atoms with van der Waals surface area (Å²) in [6, 6.07) is 19.2. The number of carbonyl (C=O) groups excluding carboxylic acids is 1. The van der Waals surface area contributed by atoms with Gasteiger partial charge in [0.05, 0.1) is 0 Å². The quantitative estimate of drug-likeness (QED) is 0.511. The number of H-pyrrole nitrogens is 2. The fourth-order valence-electron chi connectivity index (χ4n) is 3.30. The van der Waals surface area contributed by atoms with Gasteiger partial charge in [-0.1, -0.05) is 48.5 Å². The maximum atomic E-state index is 12.7. The first-order chi connectivity index (χ1) is 13.2. The van der Waals surface area contributed by atoms with Crippen LogP contribution in [0.3, 0.4) is 0 Å². The summed E-state index contributed by atoms with van der Waals surface area (Å²) >= 11 is 0. The van der Waals surface area contributed by atoms with Crippen molar-refractivity contribution < 1.29 is 4.79 Å². The van der Waals surface area contributed by atoms with E-state index in [1.54, 1.807) is 12.3 Å². The number of aromatic amines is 2. The number of hydrogen-bond donors (Lipinski definition) is 3. The van der Waals surface area contributed by atoms with Crippen molar-refractivity contribution in [3.63, 3.8) is 0 Å². The van der Waals surface area contributed by atoms with Crippen LogP contribution >= 0.6 is 0 Å². The second kappa shape index (κ2) is 7.33. The Kier molecular flexibility index (Phi) is 4.58. The van der Waals surface area contributed by atoms with Crippen LogP contribution < -0.4 is 10.9 Å². The number of nitrogens with one attached hydrogen (secondary N) is 3. The van der Waals surface area contributed by atoms with Crippen molar-refractivity contribution in [2.45, 2.75) is 6.42 Å². The Morgan fingerprint density at radius 3 is 2.56 bits per heavy atom. The first-order valence-corrected chi connectivity index (χ1v) is 8.84. The van der Waals surface area contributed by atoms with Crippen molar-refractivity contribution in [3.8, 4) is 11.1 Å². The highest BCUT2D eigenvalue weighted by Gasteiger charge is 2.16. The molecule has 0 atom stereocenters. The highest BCUT2D eigenvalue weighted by Crippen LogP contribution is 2.21. The standard InChI is InChI=1S/C22H19N3O2/c26-21(23-12-10-16-14-25-19-9-5-4-8-17(16)19)20-18(11-13-24-22(20)27)15-6-2-1-3-7-15/h1-9,11,13-14,25H,10,12H2,(H,23,26)(H,24,27). The first kappa shape index (κ1) is 16.8. The minimum absolute atomic E-state index is 0.141. The van der Waals surface area contributed by atoms with Crippen LogP contribution in [0.1, 0.15) is 15.9 Å². The van der Waals surface area contributed by atoms with E-state index in [1.165, 1.54) is 0 Å². The first-order valence-electron chi connectivity index (χ1n) is 8.84. The lowest BCUT2D eigenvalue weighted by atomic mass is 10.0. The summed E-state index contributed by atoms with van der Waals surface area (Å²) in [4.78, 5) is 30.8. The molecular weight excluding hydrogens is 338 g/mol. The molecule has 0 bridgehead atoms. The number of pyridine rings is 1. The summed E-state index contributed by atoms with van der Waals surface area (Å²) in [5.41, 5.74) is 3.43. The molecule has 134 valence electrons. The van der Waals surface area contributed by atoms with Crippen LogP contribution in [0.15, 0.2) is 77.9 Å². The van der Waals surface area contributed by atoms with Gasteiger partial charge in [0, 0.05) is 35.4 Å². The molecular formula is C22H19N3O2. The van der Waals surface area contributed by atoms with Crippen LogP contribution in [-0.4, -0.2) is 22.4 Å². The number of rotatable bonds is 5. The molecule has 5 nitrogen and oxygen atoms in total. The smallest absolute Gasteiger partial charge is 0.261 e. The maximum absolute atomic E-state index is 12.7. The Bertz CT molecular complexity index is 1140. The van der Waals surface area contributed by atoms with E-state index in [4.69, 9.17) is 0 Å². The number of amides is 1. The molecule has 27 heavy (non-hydrogen) atoms. The van der Waals surface area contributed by atoms with Gasteiger partial charge in [0.15, 0.2) is 0 Å². The van der Waals surface area contributed by atoms with Crippen LogP contribution in [0.25, 0.3) is 22.0 Å². The highest BCUT2D eigenvalue weighted by molar-refractivity contribution is 6.00. The molecule has 0 fully saturated rings. The summed E-state index contributed by atoms with van der Waals surface area (Å²) in [6.07, 6.45) is 4.20. The van der Waals surface area contributed by atoms with Gasteiger partial charge in [-0.3, -0.25) is 9.59 Å². The fraction of sp³-hybridized carbons (Fsp3) is 0.0909. The van der Waals surface area contributed by atoms with Crippen molar-refractivity contribution in [2.75, 3.05) is 6.54 Å². The van der Waals surface area contributed by atoms with Gasteiger partial charge in [0.2, 0.25) is 0 Å². The second-order valence-corrected chi connectivity index (χ2v) is 6.33. The Morgan fingerprint density at radius 1 is 0.926 bits per heavy atom. The van der Waals surface area contributed by atoms with E-state index in [-0.39, 0.29) is 17.0 Å². The van der Waals surface area contributed by atoms with E-state index in [0.717, 1.165) is 22.0 Å². The molecule has 4 rings (SSSR count). The zero-order chi connectivity index (χ0) is 18.6. The molecule has 2 aromatic carbocycles. The van der Waals surface area contributed by atoms with Crippen molar-refractivity contribution >= 4 is 16.8 Å². The second-order valence-electron chi connectivity index (χ2n) is 6.33. The average Bonchev–Trinajstić information content (AvgIpc) is 3.11. The summed E-state index contributed by atoms with van der Waals surface area (Å²) in [7, 11) is 0. The summed E-state index contributed by atoms with van der Waals surface area (Å²) in [5, 5.41) is 4.03. The number of carbonyl (C=O) groups is 1. The molecule has 0 aliphatic heterocycles. The lowest BCUT2D eigenvalue weighted by molar-refractivity contribution is 0.0953.